The van der Waals surface area contributed by atoms with Crippen LogP contribution in [0.25, 0.3) is 6.08 Å². The normalized spacial score (nSPS) is 9.53. The highest BCUT2D eigenvalue weighted by molar-refractivity contribution is 5.66. The van der Waals surface area contributed by atoms with Crippen LogP contribution >= 0.6 is 0 Å². The van der Waals surface area contributed by atoms with Gasteiger partial charge >= 0.3 is 0 Å². The van der Waals surface area contributed by atoms with Gasteiger partial charge in [-0.1, -0.05) is 18.2 Å². The van der Waals surface area contributed by atoms with Gasteiger partial charge in [0.25, 0.3) is 0 Å². The van der Waals surface area contributed by atoms with E-state index in [9.17, 15) is 0 Å². The van der Waals surface area contributed by atoms with E-state index >= 15 is 0 Å². The predicted molar refractivity (Wildman–Crippen MR) is 74.3 cm³/mol. The van der Waals surface area contributed by atoms with Gasteiger partial charge in [-0.2, -0.15) is 10.5 Å². The van der Waals surface area contributed by atoms with Gasteiger partial charge in [0.15, 0.2) is 0 Å². The van der Waals surface area contributed by atoms with E-state index < -0.39 is 0 Å². The van der Waals surface area contributed by atoms with Crippen molar-refractivity contribution in [3.63, 3.8) is 0 Å². The molecule has 1 aromatic rings. The van der Waals surface area contributed by atoms with Gasteiger partial charge in [-0.05, 0) is 32.7 Å². The minimum absolute atomic E-state index is 0.0735. The summed E-state index contributed by atoms with van der Waals surface area (Å²) in [5.74, 6) is 0.698. The second-order valence-electron chi connectivity index (χ2n) is 4.32. The second kappa shape index (κ2) is 7.92. The van der Waals surface area contributed by atoms with Crippen molar-refractivity contribution in [2.45, 2.75) is 6.42 Å². The fourth-order valence-corrected chi connectivity index (χ4v) is 1.54. The number of para-hydroxylation sites is 1. The molecule has 0 aliphatic rings. The number of rotatable bonds is 6. The third-order valence-electron chi connectivity index (χ3n) is 2.47. The van der Waals surface area contributed by atoms with Crippen molar-refractivity contribution in [3.8, 4) is 17.9 Å². The lowest BCUT2D eigenvalue weighted by atomic mass is 10.1. The van der Waals surface area contributed by atoms with Crippen LogP contribution in [0.3, 0.4) is 0 Å². The van der Waals surface area contributed by atoms with Crippen molar-refractivity contribution in [2.24, 2.45) is 0 Å². The van der Waals surface area contributed by atoms with Gasteiger partial charge in [-0.25, -0.2) is 0 Å². The van der Waals surface area contributed by atoms with Crippen LogP contribution in [0.4, 0.5) is 0 Å². The quantitative estimate of drug-likeness (QED) is 0.578. The van der Waals surface area contributed by atoms with Crippen LogP contribution in [0.15, 0.2) is 29.8 Å². The highest BCUT2D eigenvalue weighted by atomic mass is 16.5. The van der Waals surface area contributed by atoms with Crippen molar-refractivity contribution in [2.75, 3.05) is 27.2 Å². The fraction of sp³-hybridized carbons (Fsp3) is 0.333. The Morgan fingerprint density at radius 2 is 1.95 bits per heavy atom. The summed E-state index contributed by atoms with van der Waals surface area (Å²) in [5, 5.41) is 17.5. The Balaban J connectivity index is 2.72. The largest absolute Gasteiger partial charge is 0.493 e. The van der Waals surface area contributed by atoms with Crippen LogP contribution < -0.4 is 4.74 Å². The van der Waals surface area contributed by atoms with Crippen LogP contribution in [0.5, 0.6) is 5.75 Å². The summed E-state index contributed by atoms with van der Waals surface area (Å²) in [5.41, 5.74) is 0.829. The molecule has 0 saturated heterocycles. The van der Waals surface area contributed by atoms with Gasteiger partial charge in [-0.3, -0.25) is 0 Å². The molecule has 4 nitrogen and oxygen atoms in total. The van der Waals surface area contributed by atoms with Crippen molar-refractivity contribution < 1.29 is 4.74 Å². The Morgan fingerprint density at radius 1 is 1.26 bits per heavy atom. The molecule has 0 N–H and O–H groups in total. The summed E-state index contributed by atoms with van der Waals surface area (Å²) in [7, 11) is 4.03. The smallest absolute Gasteiger partial charge is 0.130 e. The molecule has 0 atom stereocenters. The molecule has 1 rings (SSSR count). The molecule has 0 aliphatic heterocycles. The lowest BCUT2D eigenvalue weighted by Gasteiger charge is -2.11. The Hall–Kier alpha value is -2.30. The van der Waals surface area contributed by atoms with E-state index in [1.54, 1.807) is 6.08 Å². The van der Waals surface area contributed by atoms with E-state index in [-0.39, 0.29) is 5.57 Å². The zero-order chi connectivity index (χ0) is 14.1. The summed E-state index contributed by atoms with van der Waals surface area (Å²) < 4.78 is 5.69. The van der Waals surface area contributed by atoms with E-state index in [1.165, 1.54) is 0 Å². The lowest BCUT2D eigenvalue weighted by Crippen LogP contribution is -2.15. The average molecular weight is 255 g/mol. The summed E-state index contributed by atoms with van der Waals surface area (Å²) in [6.07, 6.45) is 2.47. The molecule has 4 heteroatoms. The van der Waals surface area contributed by atoms with Crippen molar-refractivity contribution in [1.29, 1.82) is 10.5 Å². The molecule has 19 heavy (non-hydrogen) atoms. The number of allylic oxidation sites excluding steroid dienone is 1. The summed E-state index contributed by atoms with van der Waals surface area (Å²) in [6.45, 7) is 1.57. The van der Waals surface area contributed by atoms with Gasteiger partial charge < -0.3 is 9.64 Å². The minimum atomic E-state index is 0.0735. The first-order chi connectivity index (χ1) is 9.17. The predicted octanol–water partition coefficient (Wildman–Crippen LogP) is 2.45. The topological polar surface area (TPSA) is 60.0 Å². The van der Waals surface area contributed by atoms with Gasteiger partial charge in [0.2, 0.25) is 0 Å². The third kappa shape index (κ3) is 5.25. The standard InChI is InChI=1S/C15H17N3O/c1-18(2)8-5-9-19-15-7-4-3-6-14(15)10-13(11-16)12-17/h3-4,6-7,10H,5,8-9H2,1-2H3. The van der Waals surface area contributed by atoms with E-state index in [1.807, 2.05) is 50.5 Å². The van der Waals surface area contributed by atoms with Gasteiger partial charge in [0.05, 0.1) is 6.61 Å². The Kier molecular flexibility index (Phi) is 6.15. The molecule has 0 aliphatic carbocycles. The summed E-state index contributed by atoms with van der Waals surface area (Å²) in [6, 6.07) is 11.1. The zero-order valence-electron chi connectivity index (χ0n) is 11.3. The maximum absolute atomic E-state index is 8.77. The first kappa shape index (κ1) is 14.8. The first-order valence-electron chi connectivity index (χ1n) is 6.06. The van der Waals surface area contributed by atoms with E-state index in [2.05, 4.69) is 4.90 Å². The molecule has 0 radical (unpaired) electrons. The molecule has 0 aromatic heterocycles. The maximum atomic E-state index is 8.77. The molecule has 0 spiro atoms. The van der Waals surface area contributed by atoms with Crippen molar-refractivity contribution in [1.82, 2.24) is 4.90 Å². The molecule has 0 unspecified atom stereocenters. The van der Waals surface area contributed by atoms with Crippen LogP contribution in [0, 0.1) is 22.7 Å². The van der Waals surface area contributed by atoms with E-state index in [0.717, 1.165) is 18.5 Å². The highest BCUT2D eigenvalue weighted by Crippen LogP contribution is 2.20. The van der Waals surface area contributed by atoms with Gasteiger partial charge in [-0.15, -0.1) is 0 Å². The Bertz CT molecular complexity index is 505. The van der Waals surface area contributed by atoms with E-state index in [4.69, 9.17) is 15.3 Å². The number of hydrogen-bond donors (Lipinski definition) is 0. The molecule has 0 bridgehead atoms. The van der Waals surface area contributed by atoms with Crippen LogP contribution in [0.1, 0.15) is 12.0 Å². The zero-order valence-corrected chi connectivity index (χ0v) is 11.3. The number of nitriles is 2. The molecule has 0 heterocycles. The van der Waals surface area contributed by atoms with Crippen LogP contribution in [-0.4, -0.2) is 32.1 Å². The SMILES string of the molecule is CN(C)CCCOc1ccccc1C=C(C#N)C#N. The molecule has 98 valence electrons. The second-order valence-corrected chi connectivity index (χ2v) is 4.32. The monoisotopic (exact) mass is 255 g/mol. The van der Waals surface area contributed by atoms with Crippen LogP contribution in [-0.2, 0) is 0 Å². The summed E-state index contributed by atoms with van der Waals surface area (Å²) >= 11 is 0. The summed E-state index contributed by atoms with van der Waals surface area (Å²) in [4.78, 5) is 2.10. The molecule has 0 saturated carbocycles. The molecular formula is C15H17N3O. The molecular weight excluding hydrogens is 238 g/mol. The third-order valence-corrected chi connectivity index (χ3v) is 2.47. The Labute approximate surface area is 114 Å². The Morgan fingerprint density at radius 3 is 2.58 bits per heavy atom. The van der Waals surface area contributed by atoms with Crippen molar-refractivity contribution in [3.05, 3.63) is 35.4 Å². The first-order valence-corrected chi connectivity index (χ1v) is 6.06. The fourth-order valence-electron chi connectivity index (χ4n) is 1.54. The number of ether oxygens (including phenoxy) is 1. The number of nitrogens with zero attached hydrogens (tertiary/aromatic N) is 3. The molecule has 0 fully saturated rings. The minimum Gasteiger partial charge on any atom is -0.493 e. The van der Waals surface area contributed by atoms with Gasteiger partial charge in [0, 0.05) is 12.1 Å². The highest BCUT2D eigenvalue weighted by Gasteiger charge is 2.02. The lowest BCUT2D eigenvalue weighted by molar-refractivity contribution is 0.281. The number of benzene rings is 1. The average Bonchev–Trinajstić information content (AvgIpc) is 2.42. The molecule has 1 aromatic carbocycles. The number of hydrogen-bond acceptors (Lipinski definition) is 4. The van der Waals surface area contributed by atoms with E-state index in [0.29, 0.717) is 12.4 Å². The van der Waals surface area contributed by atoms with Crippen molar-refractivity contribution >= 4 is 6.08 Å². The van der Waals surface area contributed by atoms with Crippen LogP contribution in [0.2, 0.25) is 0 Å². The van der Waals surface area contributed by atoms with Gasteiger partial charge in [0.1, 0.15) is 23.5 Å². The molecule has 0 amide bonds. The maximum Gasteiger partial charge on any atom is 0.130 e.